The maximum atomic E-state index is 13.5. The van der Waals surface area contributed by atoms with E-state index in [0.717, 1.165) is 75.3 Å². The van der Waals surface area contributed by atoms with Gasteiger partial charge in [-0.3, -0.25) is 19.1 Å². The third-order valence-corrected chi connectivity index (χ3v) is 10.7. The molecule has 2 aliphatic heterocycles. The average molecular weight is 707 g/mol. The van der Waals surface area contributed by atoms with Gasteiger partial charge in [-0.15, -0.1) is 11.3 Å². The van der Waals surface area contributed by atoms with Gasteiger partial charge in [0.1, 0.15) is 17.2 Å². The summed E-state index contributed by atoms with van der Waals surface area (Å²) in [4.78, 5) is 37.1. The van der Waals surface area contributed by atoms with Crippen molar-refractivity contribution in [2.75, 3.05) is 43.4 Å². The van der Waals surface area contributed by atoms with Gasteiger partial charge in [0.15, 0.2) is 5.82 Å². The maximum Gasteiger partial charge on any atom is 0.298 e. The molecule has 0 saturated carbocycles. The lowest BCUT2D eigenvalue weighted by atomic mass is 10.0. The van der Waals surface area contributed by atoms with E-state index in [9.17, 15) is 9.59 Å². The summed E-state index contributed by atoms with van der Waals surface area (Å²) in [6, 6.07) is 17.6. The molecule has 1 fully saturated rings. The van der Waals surface area contributed by atoms with Gasteiger partial charge >= 0.3 is 0 Å². The first-order valence-electron chi connectivity index (χ1n) is 18.1. The molecule has 0 radical (unpaired) electrons. The van der Waals surface area contributed by atoms with Crippen LogP contribution in [0.25, 0.3) is 16.0 Å². The number of benzene rings is 2. The third kappa shape index (κ3) is 8.98. The third-order valence-electron chi connectivity index (χ3n) is 9.68. The van der Waals surface area contributed by atoms with Crippen molar-refractivity contribution in [1.82, 2.24) is 19.8 Å². The summed E-state index contributed by atoms with van der Waals surface area (Å²) in [6.45, 7) is 12.8. The van der Waals surface area contributed by atoms with Crippen LogP contribution in [-0.4, -0.2) is 59.2 Å². The Morgan fingerprint density at radius 1 is 0.941 bits per heavy atom. The fourth-order valence-corrected chi connectivity index (χ4v) is 7.65. The number of carbonyl (C=O) groups excluding carboxylic acids is 1. The zero-order valence-electron chi connectivity index (χ0n) is 30.3. The number of rotatable bonds is 12. The van der Waals surface area contributed by atoms with E-state index in [2.05, 4.69) is 78.2 Å². The molecular weight excluding hydrogens is 657 g/mol. The molecule has 10 heteroatoms. The monoisotopic (exact) mass is 706 g/mol. The first-order chi connectivity index (χ1) is 24.7. The van der Waals surface area contributed by atoms with Crippen molar-refractivity contribution < 1.29 is 9.53 Å². The number of allylic oxidation sites excluding steroid dienone is 5. The fraction of sp³-hybridized carbons (Fsp3) is 0.390. The van der Waals surface area contributed by atoms with Crippen LogP contribution in [0.15, 0.2) is 94.3 Å². The molecule has 9 nitrogen and oxygen atoms in total. The molecule has 1 saturated heterocycles. The molecule has 4 aromatic rings. The number of anilines is 3. The Bertz CT molecular complexity index is 2000. The lowest BCUT2D eigenvalue weighted by Gasteiger charge is -2.31. The van der Waals surface area contributed by atoms with Crippen LogP contribution in [0.3, 0.4) is 0 Å². The predicted octanol–water partition coefficient (Wildman–Crippen LogP) is 8.17. The van der Waals surface area contributed by atoms with Crippen LogP contribution in [0, 0.1) is 0 Å². The largest absolute Gasteiger partial charge is 0.490 e. The second-order valence-corrected chi connectivity index (χ2v) is 15.0. The van der Waals surface area contributed by atoms with E-state index in [4.69, 9.17) is 10.5 Å². The molecule has 4 heterocycles. The Balaban J connectivity index is 1.08. The topological polar surface area (TPSA) is 106 Å². The van der Waals surface area contributed by atoms with E-state index >= 15 is 0 Å². The van der Waals surface area contributed by atoms with Crippen molar-refractivity contribution in [3.8, 4) is 11.4 Å². The lowest BCUT2D eigenvalue weighted by molar-refractivity contribution is 0.0918. The highest BCUT2D eigenvalue weighted by Crippen LogP contribution is 2.38. The second kappa shape index (κ2) is 16.6. The van der Waals surface area contributed by atoms with Crippen LogP contribution < -0.4 is 26.2 Å². The summed E-state index contributed by atoms with van der Waals surface area (Å²) < 4.78 is 7.51. The summed E-state index contributed by atoms with van der Waals surface area (Å²) >= 11 is 1.25. The molecule has 0 unspecified atom stereocenters. The highest BCUT2D eigenvalue weighted by Gasteiger charge is 2.25. The number of fused-ring (bicyclic) bond motifs is 2. The van der Waals surface area contributed by atoms with Gasteiger partial charge < -0.3 is 20.7 Å². The van der Waals surface area contributed by atoms with E-state index < -0.39 is 5.56 Å². The minimum absolute atomic E-state index is 0.0910. The van der Waals surface area contributed by atoms with Gasteiger partial charge in [-0.1, -0.05) is 53.1 Å². The molecule has 2 aromatic carbocycles. The smallest absolute Gasteiger partial charge is 0.298 e. The van der Waals surface area contributed by atoms with Gasteiger partial charge in [0.05, 0.1) is 28.3 Å². The number of nitrogen functional groups attached to an aromatic ring is 1. The molecular formula is C41H50N6O3S. The van der Waals surface area contributed by atoms with Crippen molar-refractivity contribution in [1.29, 1.82) is 0 Å². The summed E-state index contributed by atoms with van der Waals surface area (Å²) in [5.41, 5.74) is 13.1. The standard InChI is InChI=1S/C41H50N6O3S/c1-28(2)10-8-11-29(3)12-9-13-30(4)18-21-45-22-19-31(20-23-45)43-39(48)37-27-35-40(51-37)44-38(42)41(49)47(35)33-16-17-36-34(26-33)46(24-25-50-36)32-14-6-5-7-15-32/h5-7,10,12,14-18,26-27,31H,8-9,11,13,19-25H2,1-4H3,(H2,42,44)(H,43,48)/b29-12+,30-18+. The number of nitrogens with zero attached hydrogens (tertiary/aromatic N) is 4. The van der Waals surface area contributed by atoms with Gasteiger partial charge in [-0.2, -0.15) is 0 Å². The lowest BCUT2D eigenvalue weighted by Crippen LogP contribution is -2.44. The van der Waals surface area contributed by atoms with E-state index in [1.807, 2.05) is 36.4 Å². The molecule has 0 bridgehead atoms. The molecule has 0 atom stereocenters. The number of likely N-dealkylation sites (tertiary alicyclic amines) is 1. The molecule has 0 spiro atoms. The van der Waals surface area contributed by atoms with Crippen LogP contribution in [0.1, 0.15) is 75.9 Å². The van der Waals surface area contributed by atoms with Crippen LogP contribution in [0.4, 0.5) is 17.2 Å². The average Bonchev–Trinajstić information content (AvgIpc) is 3.55. The molecule has 0 aliphatic carbocycles. The summed E-state index contributed by atoms with van der Waals surface area (Å²) in [5, 5.41) is 3.24. The number of amides is 1. The van der Waals surface area contributed by atoms with E-state index in [1.54, 1.807) is 10.6 Å². The Kier molecular flexibility index (Phi) is 11.7. The Morgan fingerprint density at radius 3 is 2.41 bits per heavy atom. The Morgan fingerprint density at radius 2 is 1.67 bits per heavy atom. The maximum absolute atomic E-state index is 13.5. The number of nitrogens with two attached hydrogens (primary N) is 1. The van der Waals surface area contributed by atoms with Crippen molar-refractivity contribution in [2.45, 2.75) is 72.3 Å². The number of hydrogen-bond donors (Lipinski definition) is 2. The number of hydrogen-bond acceptors (Lipinski definition) is 8. The minimum atomic E-state index is -0.423. The quantitative estimate of drug-likeness (QED) is 0.143. The molecule has 3 N–H and O–H groups in total. The minimum Gasteiger partial charge on any atom is -0.490 e. The van der Waals surface area contributed by atoms with Gasteiger partial charge in [0.2, 0.25) is 0 Å². The molecule has 2 aliphatic rings. The number of nitrogens with one attached hydrogen (secondary N) is 1. The molecule has 6 rings (SSSR count). The van der Waals surface area contributed by atoms with Gasteiger partial charge in [0, 0.05) is 31.4 Å². The normalized spacial score (nSPS) is 15.8. The highest BCUT2D eigenvalue weighted by atomic mass is 32.1. The van der Waals surface area contributed by atoms with Gasteiger partial charge in [0.25, 0.3) is 11.5 Å². The Hall–Kier alpha value is -4.67. The Labute approximate surface area is 305 Å². The second-order valence-electron chi connectivity index (χ2n) is 13.9. The van der Waals surface area contributed by atoms with Crippen molar-refractivity contribution in [3.05, 3.63) is 105 Å². The van der Waals surface area contributed by atoms with Crippen LogP contribution in [-0.2, 0) is 0 Å². The summed E-state index contributed by atoms with van der Waals surface area (Å²) in [5.74, 6) is 0.485. The molecule has 51 heavy (non-hydrogen) atoms. The number of para-hydroxylation sites is 1. The number of piperidine rings is 1. The van der Waals surface area contributed by atoms with E-state index in [0.29, 0.717) is 34.1 Å². The first kappa shape index (κ1) is 36.1. The highest BCUT2D eigenvalue weighted by molar-refractivity contribution is 7.20. The first-order valence-corrected chi connectivity index (χ1v) is 18.9. The van der Waals surface area contributed by atoms with Crippen molar-refractivity contribution in [2.24, 2.45) is 0 Å². The van der Waals surface area contributed by atoms with Crippen molar-refractivity contribution in [3.63, 3.8) is 0 Å². The summed E-state index contributed by atoms with van der Waals surface area (Å²) in [7, 11) is 0. The molecule has 1 amide bonds. The zero-order valence-corrected chi connectivity index (χ0v) is 31.1. The number of ether oxygens (including phenoxy) is 1. The van der Waals surface area contributed by atoms with Gasteiger partial charge in [-0.25, -0.2) is 4.98 Å². The zero-order chi connectivity index (χ0) is 35.9. The molecule has 2 aromatic heterocycles. The van der Waals surface area contributed by atoms with Crippen LogP contribution >= 0.6 is 11.3 Å². The fourth-order valence-electron chi connectivity index (χ4n) is 6.72. The number of aromatic nitrogens is 2. The molecule has 268 valence electrons. The van der Waals surface area contributed by atoms with Crippen LogP contribution in [0.2, 0.25) is 0 Å². The number of carbonyl (C=O) groups is 1. The number of thiophene rings is 1. The SMILES string of the molecule is CC(C)=CCC/C(C)=C/CC/C(C)=C/CN1CCC(NC(=O)c2cc3c(nc(N)c(=O)n3-c3ccc4c(c3)N(c3ccccc3)CCO4)s2)CC1. The predicted molar refractivity (Wildman–Crippen MR) is 211 cm³/mol. The van der Waals surface area contributed by atoms with E-state index in [1.165, 1.54) is 28.1 Å². The summed E-state index contributed by atoms with van der Waals surface area (Å²) in [6.07, 6.45) is 13.3. The van der Waals surface area contributed by atoms with Crippen molar-refractivity contribution >= 4 is 44.8 Å². The van der Waals surface area contributed by atoms with Gasteiger partial charge in [-0.05, 0) is 103 Å². The van der Waals surface area contributed by atoms with Crippen LogP contribution in [0.5, 0.6) is 5.75 Å². The van der Waals surface area contributed by atoms with E-state index in [-0.39, 0.29) is 17.8 Å².